The number of pyridine rings is 1. The van der Waals surface area contributed by atoms with Crippen LogP contribution < -0.4 is 0 Å². The van der Waals surface area contributed by atoms with E-state index >= 15 is 0 Å². The molecule has 0 bridgehead atoms. The van der Waals surface area contributed by atoms with Crippen molar-refractivity contribution in [3.8, 4) is 0 Å². The molecule has 4 nitrogen and oxygen atoms in total. The summed E-state index contributed by atoms with van der Waals surface area (Å²) in [5.74, 6) is 0. The number of aromatic nitrogens is 4. The minimum atomic E-state index is 0.538. The van der Waals surface area contributed by atoms with Gasteiger partial charge in [-0.05, 0) is 0 Å². The molecule has 0 saturated carbocycles. The molecule has 0 radical (unpaired) electrons. The summed E-state index contributed by atoms with van der Waals surface area (Å²) < 4.78 is 1.63. The van der Waals surface area contributed by atoms with Crippen molar-refractivity contribution in [2.24, 2.45) is 7.05 Å². The van der Waals surface area contributed by atoms with Gasteiger partial charge in [-0.3, -0.25) is 4.98 Å². The molecule has 2 heterocycles. The Labute approximate surface area is 67.8 Å². The first-order valence-electron chi connectivity index (χ1n) is 3.08. The van der Waals surface area contributed by atoms with Crippen LogP contribution in [-0.4, -0.2) is 20.0 Å². The van der Waals surface area contributed by atoms with E-state index in [2.05, 4.69) is 15.3 Å². The van der Waals surface area contributed by atoms with Gasteiger partial charge in [0.2, 0.25) is 0 Å². The second-order valence-corrected chi connectivity index (χ2v) is 2.61. The molecule has 0 aliphatic rings. The lowest BCUT2D eigenvalue weighted by molar-refractivity contribution is 0.736. The molecule has 0 amide bonds. The molecule has 0 spiro atoms. The van der Waals surface area contributed by atoms with Gasteiger partial charge in [0.25, 0.3) is 0 Å². The first kappa shape index (κ1) is 6.54. The van der Waals surface area contributed by atoms with Crippen LogP contribution in [0.1, 0.15) is 0 Å². The van der Waals surface area contributed by atoms with Crippen molar-refractivity contribution in [1.29, 1.82) is 0 Å². The predicted octanol–water partition coefficient (Wildman–Crippen LogP) is 1.02. The van der Waals surface area contributed by atoms with Gasteiger partial charge in [-0.25, -0.2) is 4.68 Å². The topological polar surface area (TPSA) is 43.6 Å². The summed E-state index contributed by atoms with van der Waals surface area (Å²) in [6.07, 6.45) is 3.24. The number of rotatable bonds is 0. The van der Waals surface area contributed by atoms with Gasteiger partial charge in [-0.15, -0.1) is 5.10 Å². The Kier molecular flexibility index (Phi) is 1.29. The lowest BCUT2D eigenvalue weighted by atomic mass is 10.4. The SMILES string of the molecule is Cn1nnc2c(Cl)cncc21. The fraction of sp³-hybridized carbons (Fsp3) is 0.167. The molecule has 11 heavy (non-hydrogen) atoms. The quantitative estimate of drug-likeness (QED) is 0.590. The molecule has 0 saturated heterocycles. The molecular formula is C6H5ClN4. The molecule has 0 aliphatic carbocycles. The van der Waals surface area contributed by atoms with E-state index in [4.69, 9.17) is 11.6 Å². The summed E-state index contributed by atoms with van der Waals surface area (Å²) in [4.78, 5) is 3.91. The monoisotopic (exact) mass is 168 g/mol. The van der Waals surface area contributed by atoms with Crippen molar-refractivity contribution >= 4 is 22.6 Å². The van der Waals surface area contributed by atoms with E-state index in [0.29, 0.717) is 10.5 Å². The maximum atomic E-state index is 5.79. The Morgan fingerprint density at radius 2 is 2.27 bits per heavy atom. The van der Waals surface area contributed by atoms with Crippen molar-refractivity contribution in [2.45, 2.75) is 0 Å². The van der Waals surface area contributed by atoms with Crippen molar-refractivity contribution in [2.75, 3.05) is 0 Å². The molecule has 0 aromatic carbocycles. The van der Waals surface area contributed by atoms with Crippen LogP contribution in [0.5, 0.6) is 0 Å². The van der Waals surface area contributed by atoms with Gasteiger partial charge in [0, 0.05) is 13.2 Å². The molecule has 2 aromatic heterocycles. The number of hydrogen-bond donors (Lipinski definition) is 0. The standard InChI is InChI=1S/C6H5ClN4/c1-11-5-3-8-2-4(7)6(5)9-10-11/h2-3H,1H3. The molecule has 5 heteroatoms. The summed E-state index contributed by atoms with van der Waals surface area (Å²) in [6.45, 7) is 0. The number of nitrogens with zero attached hydrogens (tertiary/aromatic N) is 4. The van der Waals surface area contributed by atoms with Gasteiger partial charge in [-0.2, -0.15) is 0 Å². The van der Waals surface area contributed by atoms with Crippen LogP contribution in [0.2, 0.25) is 5.02 Å². The summed E-state index contributed by atoms with van der Waals surface area (Å²) >= 11 is 5.79. The Bertz CT molecular complexity index is 394. The van der Waals surface area contributed by atoms with Gasteiger partial charge in [0.15, 0.2) is 0 Å². The molecule has 2 rings (SSSR count). The van der Waals surface area contributed by atoms with E-state index in [1.54, 1.807) is 24.1 Å². The van der Waals surface area contributed by atoms with Crippen LogP contribution in [-0.2, 0) is 7.05 Å². The Balaban J connectivity index is 2.94. The summed E-state index contributed by atoms with van der Waals surface area (Å²) in [5, 5.41) is 8.20. The molecule has 0 fully saturated rings. The van der Waals surface area contributed by atoms with E-state index in [9.17, 15) is 0 Å². The molecule has 0 N–H and O–H groups in total. The normalized spacial score (nSPS) is 10.7. The van der Waals surface area contributed by atoms with E-state index in [-0.39, 0.29) is 0 Å². The Morgan fingerprint density at radius 3 is 3.00 bits per heavy atom. The fourth-order valence-electron chi connectivity index (χ4n) is 0.914. The van der Waals surface area contributed by atoms with Gasteiger partial charge in [0.1, 0.15) is 11.0 Å². The summed E-state index contributed by atoms with van der Waals surface area (Å²) in [7, 11) is 1.80. The van der Waals surface area contributed by atoms with E-state index in [0.717, 1.165) is 5.52 Å². The molecule has 0 atom stereocenters. The minimum Gasteiger partial charge on any atom is -0.261 e. The highest BCUT2D eigenvalue weighted by molar-refractivity contribution is 6.34. The largest absolute Gasteiger partial charge is 0.261 e. The lowest BCUT2D eigenvalue weighted by Crippen LogP contribution is -1.89. The summed E-state index contributed by atoms with van der Waals surface area (Å²) in [5.41, 5.74) is 1.54. The molecule has 0 unspecified atom stereocenters. The third kappa shape index (κ3) is 0.867. The zero-order chi connectivity index (χ0) is 7.84. The summed E-state index contributed by atoms with van der Waals surface area (Å²) in [6, 6.07) is 0. The van der Waals surface area contributed by atoms with Crippen LogP contribution in [0.25, 0.3) is 11.0 Å². The van der Waals surface area contributed by atoms with E-state index in [1.807, 2.05) is 0 Å². The van der Waals surface area contributed by atoms with E-state index in [1.165, 1.54) is 0 Å². The first-order chi connectivity index (χ1) is 5.29. The van der Waals surface area contributed by atoms with Crippen LogP contribution in [0.3, 0.4) is 0 Å². The third-order valence-corrected chi connectivity index (χ3v) is 1.76. The average molecular weight is 169 g/mol. The second-order valence-electron chi connectivity index (χ2n) is 2.20. The predicted molar refractivity (Wildman–Crippen MR) is 41.3 cm³/mol. The molecule has 0 aliphatic heterocycles. The van der Waals surface area contributed by atoms with Gasteiger partial charge >= 0.3 is 0 Å². The van der Waals surface area contributed by atoms with Gasteiger partial charge in [-0.1, -0.05) is 16.8 Å². The average Bonchev–Trinajstić information content (AvgIpc) is 2.35. The lowest BCUT2D eigenvalue weighted by Gasteiger charge is -1.90. The zero-order valence-corrected chi connectivity index (χ0v) is 6.58. The highest BCUT2D eigenvalue weighted by Gasteiger charge is 2.03. The molecular weight excluding hydrogens is 164 g/mol. The van der Waals surface area contributed by atoms with Crippen molar-refractivity contribution in [1.82, 2.24) is 20.0 Å². The van der Waals surface area contributed by atoms with Gasteiger partial charge < -0.3 is 0 Å². The number of halogens is 1. The third-order valence-electron chi connectivity index (χ3n) is 1.48. The van der Waals surface area contributed by atoms with Crippen LogP contribution in [0.4, 0.5) is 0 Å². The Hall–Kier alpha value is -1.16. The van der Waals surface area contributed by atoms with Crippen LogP contribution in [0.15, 0.2) is 12.4 Å². The van der Waals surface area contributed by atoms with Crippen molar-refractivity contribution < 1.29 is 0 Å². The fourth-order valence-corrected chi connectivity index (χ4v) is 1.10. The smallest absolute Gasteiger partial charge is 0.134 e. The second kappa shape index (κ2) is 2.17. The minimum absolute atomic E-state index is 0.538. The highest BCUT2D eigenvalue weighted by Crippen LogP contribution is 2.17. The maximum Gasteiger partial charge on any atom is 0.134 e. The highest BCUT2D eigenvalue weighted by atomic mass is 35.5. The zero-order valence-electron chi connectivity index (χ0n) is 5.82. The Morgan fingerprint density at radius 1 is 1.45 bits per heavy atom. The number of hydrogen-bond acceptors (Lipinski definition) is 3. The number of aryl methyl sites for hydroxylation is 1. The van der Waals surface area contributed by atoms with E-state index < -0.39 is 0 Å². The van der Waals surface area contributed by atoms with Crippen LogP contribution in [0, 0.1) is 0 Å². The van der Waals surface area contributed by atoms with Crippen molar-refractivity contribution in [3.05, 3.63) is 17.4 Å². The number of fused-ring (bicyclic) bond motifs is 1. The van der Waals surface area contributed by atoms with Gasteiger partial charge in [0.05, 0.1) is 11.2 Å². The van der Waals surface area contributed by atoms with Crippen LogP contribution >= 0.6 is 11.6 Å². The van der Waals surface area contributed by atoms with Crippen molar-refractivity contribution in [3.63, 3.8) is 0 Å². The molecule has 56 valence electrons. The first-order valence-corrected chi connectivity index (χ1v) is 3.46. The molecule has 2 aromatic rings. The maximum absolute atomic E-state index is 5.79.